The van der Waals surface area contributed by atoms with E-state index < -0.39 is 0 Å². The van der Waals surface area contributed by atoms with Gasteiger partial charge >= 0.3 is 0 Å². The normalized spacial score (nSPS) is 11.6. The summed E-state index contributed by atoms with van der Waals surface area (Å²) in [7, 11) is 0. The number of hydrogen-bond acceptors (Lipinski definition) is 4. The molecule has 0 spiro atoms. The Morgan fingerprint density at radius 3 is 1.62 bits per heavy atom. The lowest BCUT2D eigenvalue weighted by atomic mass is 10.0. The van der Waals surface area contributed by atoms with E-state index >= 15 is 0 Å². The Balaban J connectivity index is 1.05. The summed E-state index contributed by atoms with van der Waals surface area (Å²) in [6.45, 7) is 0. The molecule has 0 aliphatic rings. The number of pyridine rings is 4. The lowest BCUT2D eigenvalue weighted by molar-refractivity contribution is 1.14. The molecule has 0 atom stereocenters. The Morgan fingerprint density at radius 2 is 0.911 bits per heavy atom. The van der Waals surface area contributed by atoms with E-state index in [1.54, 1.807) is 12.4 Å². The van der Waals surface area contributed by atoms with Gasteiger partial charge in [0, 0.05) is 57.1 Å². The maximum absolute atomic E-state index is 5.21. The molecule has 6 heterocycles. The molecule has 6 nitrogen and oxygen atoms in total. The predicted molar refractivity (Wildman–Crippen MR) is 228 cm³/mol. The van der Waals surface area contributed by atoms with Gasteiger partial charge in [-0.25, -0.2) is 9.97 Å². The molecular formula is C50H32N6. The topological polar surface area (TPSA) is 61.4 Å². The van der Waals surface area contributed by atoms with E-state index in [4.69, 9.17) is 9.97 Å². The monoisotopic (exact) mass is 716 g/mol. The molecule has 0 amide bonds. The standard InChI is InChI=1S/C50H32N6/c1-2-14-37(15-3-1)55-47-21-6-4-17-39(47)41-28-34(23-24-49(41)55)36-29-42-40-18-5-7-22-48(40)56(50(42)53-32-36)38-16-12-13-33(27-38)35-30-45(43-19-8-10-25-51-43)54-46(31-35)44-20-9-11-26-52-44/h1-32H. The quantitative estimate of drug-likeness (QED) is 0.172. The van der Waals surface area contributed by atoms with Crippen LogP contribution < -0.4 is 0 Å². The van der Waals surface area contributed by atoms with Crippen LogP contribution in [0.3, 0.4) is 0 Å². The third kappa shape index (κ3) is 5.27. The van der Waals surface area contributed by atoms with Crippen molar-refractivity contribution in [1.29, 1.82) is 0 Å². The second-order valence-electron chi connectivity index (χ2n) is 14.0. The predicted octanol–water partition coefficient (Wildman–Crippen LogP) is 12.1. The van der Waals surface area contributed by atoms with Crippen LogP contribution in [-0.2, 0) is 0 Å². The van der Waals surface area contributed by atoms with Crippen molar-refractivity contribution < 1.29 is 0 Å². The molecule has 0 aliphatic heterocycles. The van der Waals surface area contributed by atoms with Gasteiger partial charge < -0.3 is 4.57 Å². The molecule has 0 N–H and O–H groups in total. The zero-order chi connectivity index (χ0) is 37.0. The van der Waals surface area contributed by atoms with Crippen molar-refractivity contribution >= 4 is 43.7 Å². The van der Waals surface area contributed by atoms with Crippen molar-refractivity contribution in [1.82, 2.24) is 29.1 Å². The van der Waals surface area contributed by atoms with Gasteiger partial charge in [-0.15, -0.1) is 0 Å². The zero-order valence-corrected chi connectivity index (χ0v) is 30.2. The fraction of sp³-hybridized carbons (Fsp3) is 0. The van der Waals surface area contributed by atoms with E-state index in [9.17, 15) is 0 Å². The van der Waals surface area contributed by atoms with Crippen LogP contribution in [-0.4, -0.2) is 29.1 Å². The summed E-state index contributed by atoms with van der Waals surface area (Å²) >= 11 is 0. The molecule has 0 bridgehead atoms. The second-order valence-corrected chi connectivity index (χ2v) is 14.0. The Hall–Kier alpha value is -7.70. The number of nitrogens with zero attached hydrogens (tertiary/aromatic N) is 6. The molecule has 0 radical (unpaired) electrons. The number of rotatable bonds is 6. The highest BCUT2D eigenvalue weighted by Gasteiger charge is 2.18. The molecule has 11 rings (SSSR count). The van der Waals surface area contributed by atoms with E-state index in [-0.39, 0.29) is 0 Å². The highest BCUT2D eigenvalue weighted by molar-refractivity contribution is 6.12. The molecule has 0 saturated heterocycles. The zero-order valence-electron chi connectivity index (χ0n) is 30.2. The summed E-state index contributed by atoms with van der Waals surface area (Å²) in [5.74, 6) is 0. The largest absolute Gasteiger partial charge is 0.309 e. The minimum Gasteiger partial charge on any atom is -0.309 e. The SMILES string of the molecule is c1ccc(-n2c3ccccc3c3cc(-c4cnc5c(c4)c4ccccc4n5-c4cccc(-c5cc(-c6ccccn6)nc(-c6ccccn6)c5)c4)ccc32)cc1. The Morgan fingerprint density at radius 1 is 0.321 bits per heavy atom. The summed E-state index contributed by atoms with van der Waals surface area (Å²) < 4.78 is 4.62. The third-order valence-corrected chi connectivity index (χ3v) is 10.7. The van der Waals surface area contributed by atoms with Crippen LogP contribution in [0, 0.1) is 0 Å². The van der Waals surface area contributed by atoms with Gasteiger partial charge in [0.1, 0.15) is 5.65 Å². The fourth-order valence-corrected chi connectivity index (χ4v) is 8.08. The Labute approximate surface area is 322 Å². The van der Waals surface area contributed by atoms with E-state index in [1.165, 1.54) is 21.8 Å². The highest BCUT2D eigenvalue weighted by atomic mass is 15.0. The first-order valence-electron chi connectivity index (χ1n) is 18.7. The first-order valence-corrected chi connectivity index (χ1v) is 18.7. The van der Waals surface area contributed by atoms with E-state index in [0.717, 1.165) is 78.3 Å². The van der Waals surface area contributed by atoms with Crippen LogP contribution >= 0.6 is 0 Å². The summed E-state index contributed by atoms with van der Waals surface area (Å²) in [4.78, 5) is 19.4. The van der Waals surface area contributed by atoms with Gasteiger partial charge in [0.05, 0.1) is 39.3 Å². The van der Waals surface area contributed by atoms with Crippen molar-refractivity contribution in [3.8, 4) is 56.4 Å². The second kappa shape index (κ2) is 13.0. The van der Waals surface area contributed by atoms with Gasteiger partial charge in [-0.3, -0.25) is 14.5 Å². The smallest absolute Gasteiger partial charge is 0.145 e. The molecule has 5 aromatic carbocycles. The Kier molecular flexibility index (Phi) is 7.38. The number of hydrogen-bond donors (Lipinski definition) is 0. The molecule has 0 aliphatic carbocycles. The van der Waals surface area contributed by atoms with Gasteiger partial charge in [-0.2, -0.15) is 0 Å². The minimum atomic E-state index is 0.794. The van der Waals surface area contributed by atoms with Crippen molar-refractivity contribution in [3.05, 3.63) is 195 Å². The molecule has 6 heteroatoms. The molecule has 262 valence electrons. The van der Waals surface area contributed by atoms with Crippen LogP contribution in [0.1, 0.15) is 0 Å². The van der Waals surface area contributed by atoms with Crippen molar-refractivity contribution in [2.75, 3.05) is 0 Å². The molecular weight excluding hydrogens is 685 g/mol. The average molecular weight is 717 g/mol. The third-order valence-electron chi connectivity index (χ3n) is 10.7. The average Bonchev–Trinajstić information content (AvgIpc) is 3.79. The maximum atomic E-state index is 5.21. The summed E-state index contributed by atoms with van der Waals surface area (Å²) in [5.41, 5.74) is 14.1. The van der Waals surface area contributed by atoms with Crippen molar-refractivity contribution in [2.45, 2.75) is 0 Å². The van der Waals surface area contributed by atoms with E-state index in [1.807, 2.05) is 42.6 Å². The number of aromatic nitrogens is 6. The first-order chi connectivity index (χ1) is 27.8. The fourth-order valence-electron chi connectivity index (χ4n) is 8.08. The van der Waals surface area contributed by atoms with Gasteiger partial charge in [-0.05, 0) is 108 Å². The first kappa shape index (κ1) is 31.8. The van der Waals surface area contributed by atoms with Crippen LogP contribution in [0.25, 0.3) is 100 Å². The summed E-state index contributed by atoms with van der Waals surface area (Å²) in [6, 6.07) is 61.5. The lowest BCUT2D eigenvalue weighted by Gasteiger charge is -2.12. The van der Waals surface area contributed by atoms with Gasteiger partial charge in [0.25, 0.3) is 0 Å². The van der Waals surface area contributed by atoms with Crippen LogP contribution in [0.15, 0.2) is 195 Å². The van der Waals surface area contributed by atoms with Crippen molar-refractivity contribution in [3.63, 3.8) is 0 Å². The van der Waals surface area contributed by atoms with Gasteiger partial charge in [0.2, 0.25) is 0 Å². The number of para-hydroxylation sites is 3. The summed E-state index contributed by atoms with van der Waals surface area (Å²) in [5, 5.41) is 4.71. The molecule has 0 unspecified atom stereocenters. The lowest BCUT2D eigenvalue weighted by Crippen LogP contribution is -1.97. The molecule has 11 aromatic rings. The molecule has 0 saturated carbocycles. The van der Waals surface area contributed by atoms with Gasteiger partial charge in [-0.1, -0.05) is 84.9 Å². The van der Waals surface area contributed by atoms with E-state index in [0.29, 0.717) is 0 Å². The number of benzene rings is 5. The molecule has 56 heavy (non-hydrogen) atoms. The molecule has 0 fully saturated rings. The number of fused-ring (bicyclic) bond motifs is 6. The molecule has 6 aromatic heterocycles. The van der Waals surface area contributed by atoms with Crippen molar-refractivity contribution in [2.24, 2.45) is 0 Å². The van der Waals surface area contributed by atoms with Crippen LogP contribution in [0.4, 0.5) is 0 Å². The van der Waals surface area contributed by atoms with E-state index in [2.05, 4.69) is 159 Å². The maximum Gasteiger partial charge on any atom is 0.145 e. The van der Waals surface area contributed by atoms with Gasteiger partial charge in [0.15, 0.2) is 0 Å². The van der Waals surface area contributed by atoms with Crippen LogP contribution in [0.2, 0.25) is 0 Å². The van der Waals surface area contributed by atoms with Crippen LogP contribution in [0.5, 0.6) is 0 Å². The Bertz CT molecular complexity index is 3180. The highest BCUT2D eigenvalue weighted by Crippen LogP contribution is 2.38. The summed E-state index contributed by atoms with van der Waals surface area (Å²) in [6.07, 6.45) is 5.61. The minimum absolute atomic E-state index is 0.794.